The standard InChI is InChI=1S/C16H27N/c1-10(2)9-17-11(3)16-14-5-12-4-13(7-14)8-15(16)6-12/h11-17H,1,4-9H2,2-3H3. The molecule has 1 N–H and O–H groups in total. The first kappa shape index (κ1) is 11.8. The molecule has 0 spiro atoms. The van der Waals surface area contributed by atoms with Crippen molar-refractivity contribution in [1.29, 1.82) is 0 Å². The molecule has 4 aliphatic carbocycles. The van der Waals surface area contributed by atoms with Crippen LogP contribution in [0, 0.1) is 29.6 Å². The molecule has 1 nitrogen and oxygen atoms in total. The Bertz CT molecular complexity index is 279. The van der Waals surface area contributed by atoms with Gasteiger partial charge in [-0.15, -0.1) is 0 Å². The third-order valence-corrected chi connectivity index (χ3v) is 5.60. The SMILES string of the molecule is C=C(C)CNC(C)C1C2CC3CC(C2)CC1C3. The number of hydrogen-bond donors (Lipinski definition) is 1. The Balaban J connectivity index is 1.65. The molecule has 4 fully saturated rings. The number of rotatable bonds is 4. The normalized spacial score (nSPS) is 44.9. The van der Waals surface area contributed by atoms with Crippen molar-refractivity contribution in [2.45, 2.75) is 52.0 Å². The summed E-state index contributed by atoms with van der Waals surface area (Å²) in [4.78, 5) is 0. The maximum Gasteiger partial charge on any atom is 0.0161 e. The van der Waals surface area contributed by atoms with E-state index in [1.807, 2.05) is 0 Å². The van der Waals surface area contributed by atoms with Crippen molar-refractivity contribution < 1.29 is 0 Å². The van der Waals surface area contributed by atoms with E-state index in [1.165, 1.54) is 31.3 Å². The maximum atomic E-state index is 4.00. The molecule has 4 saturated carbocycles. The summed E-state index contributed by atoms with van der Waals surface area (Å²) in [5, 5.41) is 3.71. The molecular weight excluding hydrogens is 206 g/mol. The van der Waals surface area contributed by atoms with Crippen LogP contribution in [-0.2, 0) is 0 Å². The van der Waals surface area contributed by atoms with Crippen molar-refractivity contribution in [2.24, 2.45) is 29.6 Å². The fourth-order valence-electron chi connectivity index (χ4n) is 5.26. The minimum atomic E-state index is 0.696. The first-order chi connectivity index (χ1) is 8.13. The van der Waals surface area contributed by atoms with Crippen molar-refractivity contribution in [3.05, 3.63) is 12.2 Å². The van der Waals surface area contributed by atoms with E-state index in [2.05, 4.69) is 25.7 Å². The Morgan fingerprint density at radius 1 is 1.12 bits per heavy atom. The molecule has 0 aromatic heterocycles. The fraction of sp³-hybridized carbons (Fsp3) is 0.875. The monoisotopic (exact) mass is 233 g/mol. The summed E-state index contributed by atoms with van der Waals surface area (Å²) in [6.45, 7) is 9.54. The highest BCUT2D eigenvalue weighted by atomic mass is 14.9. The summed E-state index contributed by atoms with van der Waals surface area (Å²) in [6.07, 6.45) is 7.72. The van der Waals surface area contributed by atoms with Crippen LogP contribution in [0.1, 0.15) is 46.0 Å². The molecule has 1 heteroatoms. The van der Waals surface area contributed by atoms with E-state index in [-0.39, 0.29) is 0 Å². The van der Waals surface area contributed by atoms with Gasteiger partial charge in [-0.1, -0.05) is 12.2 Å². The van der Waals surface area contributed by atoms with E-state index in [1.54, 1.807) is 6.42 Å². The fourth-order valence-corrected chi connectivity index (χ4v) is 5.26. The van der Waals surface area contributed by atoms with E-state index in [0.717, 1.165) is 36.1 Å². The Hall–Kier alpha value is -0.300. The second-order valence-corrected chi connectivity index (χ2v) is 7.13. The molecule has 1 atom stereocenters. The van der Waals surface area contributed by atoms with Gasteiger partial charge in [0.2, 0.25) is 0 Å². The summed E-state index contributed by atoms with van der Waals surface area (Å²) < 4.78 is 0. The molecule has 4 bridgehead atoms. The van der Waals surface area contributed by atoms with E-state index < -0.39 is 0 Å². The number of nitrogens with one attached hydrogen (secondary N) is 1. The van der Waals surface area contributed by atoms with Gasteiger partial charge < -0.3 is 5.32 Å². The summed E-state index contributed by atoms with van der Waals surface area (Å²) in [6, 6.07) is 0.696. The van der Waals surface area contributed by atoms with Crippen LogP contribution in [0.15, 0.2) is 12.2 Å². The average molecular weight is 233 g/mol. The van der Waals surface area contributed by atoms with Gasteiger partial charge in [-0.3, -0.25) is 0 Å². The van der Waals surface area contributed by atoms with Crippen molar-refractivity contribution in [2.75, 3.05) is 6.54 Å². The zero-order valence-corrected chi connectivity index (χ0v) is 11.4. The van der Waals surface area contributed by atoms with Crippen LogP contribution in [0.4, 0.5) is 0 Å². The molecule has 17 heavy (non-hydrogen) atoms. The third-order valence-electron chi connectivity index (χ3n) is 5.60. The van der Waals surface area contributed by atoms with Gasteiger partial charge in [-0.25, -0.2) is 0 Å². The van der Waals surface area contributed by atoms with E-state index >= 15 is 0 Å². The molecule has 0 amide bonds. The molecule has 0 aromatic carbocycles. The van der Waals surface area contributed by atoms with Crippen molar-refractivity contribution in [3.63, 3.8) is 0 Å². The highest BCUT2D eigenvalue weighted by Gasteiger charge is 2.49. The lowest BCUT2D eigenvalue weighted by Crippen LogP contribution is -2.52. The second-order valence-electron chi connectivity index (χ2n) is 7.13. The molecule has 4 aliphatic rings. The lowest BCUT2D eigenvalue weighted by Gasteiger charge is -2.56. The van der Waals surface area contributed by atoms with Crippen LogP contribution < -0.4 is 5.32 Å². The predicted molar refractivity (Wildman–Crippen MR) is 72.8 cm³/mol. The highest BCUT2D eigenvalue weighted by Crippen LogP contribution is 2.57. The quantitative estimate of drug-likeness (QED) is 0.731. The number of hydrogen-bond acceptors (Lipinski definition) is 1. The van der Waals surface area contributed by atoms with Crippen LogP contribution in [0.2, 0.25) is 0 Å². The van der Waals surface area contributed by atoms with Gasteiger partial charge in [0.25, 0.3) is 0 Å². The zero-order chi connectivity index (χ0) is 12.0. The van der Waals surface area contributed by atoms with Crippen molar-refractivity contribution in [1.82, 2.24) is 5.32 Å². The van der Waals surface area contributed by atoms with Crippen LogP contribution in [-0.4, -0.2) is 12.6 Å². The lowest BCUT2D eigenvalue weighted by atomic mass is 9.50. The molecule has 0 aromatic rings. The molecule has 0 radical (unpaired) electrons. The molecule has 0 heterocycles. The second kappa shape index (κ2) is 4.42. The van der Waals surface area contributed by atoms with Crippen molar-refractivity contribution >= 4 is 0 Å². The minimum absolute atomic E-state index is 0.696. The van der Waals surface area contributed by atoms with Gasteiger partial charge in [0.15, 0.2) is 0 Å². The Kier molecular flexibility index (Phi) is 3.06. The topological polar surface area (TPSA) is 12.0 Å². The summed E-state index contributed by atoms with van der Waals surface area (Å²) >= 11 is 0. The van der Waals surface area contributed by atoms with Crippen LogP contribution in [0.3, 0.4) is 0 Å². The largest absolute Gasteiger partial charge is 0.310 e. The van der Waals surface area contributed by atoms with Crippen LogP contribution in [0.5, 0.6) is 0 Å². The third kappa shape index (κ3) is 2.19. The van der Waals surface area contributed by atoms with Crippen LogP contribution in [0.25, 0.3) is 0 Å². The summed E-state index contributed by atoms with van der Waals surface area (Å²) in [7, 11) is 0. The molecule has 4 rings (SSSR count). The summed E-state index contributed by atoms with van der Waals surface area (Å²) in [5.74, 6) is 5.24. The zero-order valence-electron chi connectivity index (χ0n) is 11.4. The summed E-state index contributed by atoms with van der Waals surface area (Å²) in [5.41, 5.74) is 1.26. The molecule has 0 saturated heterocycles. The first-order valence-corrected chi connectivity index (χ1v) is 7.51. The molecule has 0 aliphatic heterocycles. The van der Waals surface area contributed by atoms with E-state index in [4.69, 9.17) is 0 Å². The van der Waals surface area contributed by atoms with Gasteiger partial charge in [0.05, 0.1) is 0 Å². The molecule has 96 valence electrons. The lowest BCUT2D eigenvalue weighted by molar-refractivity contribution is -0.0488. The van der Waals surface area contributed by atoms with Crippen molar-refractivity contribution in [3.8, 4) is 0 Å². The van der Waals surface area contributed by atoms with E-state index in [0.29, 0.717) is 6.04 Å². The van der Waals surface area contributed by atoms with Gasteiger partial charge in [-0.2, -0.15) is 0 Å². The van der Waals surface area contributed by atoms with E-state index in [9.17, 15) is 0 Å². The Morgan fingerprint density at radius 2 is 1.65 bits per heavy atom. The Morgan fingerprint density at radius 3 is 2.12 bits per heavy atom. The first-order valence-electron chi connectivity index (χ1n) is 7.51. The molecule has 1 unspecified atom stereocenters. The smallest absolute Gasteiger partial charge is 0.0161 e. The van der Waals surface area contributed by atoms with Gasteiger partial charge in [0.1, 0.15) is 0 Å². The maximum absolute atomic E-state index is 4.00. The molecular formula is C16H27N. The van der Waals surface area contributed by atoms with Gasteiger partial charge >= 0.3 is 0 Å². The van der Waals surface area contributed by atoms with Crippen LogP contribution >= 0.6 is 0 Å². The average Bonchev–Trinajstić information content (AvgIpc) is 2.24. The van der Waals surface area contributed by atoms with Gasteiger partial charge in [0, 0.05) is 12.6 Å². The van der Waals surface area contributed by atoms with Gasteiger partial charge in [-0.05, 0) is 75.5 Å². The predicted octanol–water partition coefficient (Wildman–Crippen LogP) is 3.61. The highest BCUT2D eigenvalue weighted by molar-refractivity contribution is 5.01. The Labute approximate surface area is 106 Å². The minimum Gasteiger partial charge on any atom is -0.310 e.